The second-order valence-corrected chi connectivity index (χ2v) is 5.55. The minimum atomic E-state index is -1.03. The summed E-state index contributed by atoms with van der Waals surface area (Å²) in [5.74, 6) is -1.03. The first kappa shape index (κ1) is 14.7. The molecule has 2 amide bonds. The number of carbonyl (C=O) groups is 2. The van der Waals surface area contributed by atoms with Gasteiger partial charge in [-0.1, -0.05) is 0 Å². The summed E-state index contributed by atoms with van der Waals surface area (Å²) in [5, 5.41) is 16.5. The van der Waals surface area contributed by atoms with Gasteiger partial charge in [0.1, 0.15) is 0 Å². The number of thiazole rings is 1. The molecule has 2 rings (SSSR count). The number of carbonyl (C=O) groups excluding carboxylic acids is 1. The summed E-state index contributed by atoms with van der Waals surface area (Å²) in [6.07, 6.45) is 2.47. The van der Waals surface area contributed by atoms with Crippen molar-refractivity contribution in [1.82, 2.24) is 15.6 Å². The lowest BCUT2D eigenvalue weighted by Crippen LogP contribution is -2.50. The molecule has 0 atom stereocenters. The highest BCUT2D eigenvalue weighted by Gasteiger charge is 2.29. The van der Waals surface area contributed by atoms with Gasteiger partial charge in [0, 0.05) is 31.5 Å². The van der Waals surface area contributed by atoms with Crippen LogP contribution in [0.4, 0.5) is 4.79 Å². The van der Waals surface area contributed by atoms with E-state index in [2.05, 4.69) is 15.6 Å². The van der Waals surface area contributed by atoms with E-state index in [4.69, 9.17) is 9.84 Å². The lowest BCUT2D eigenvalue weighted by atomic mass is 9.89. The number of amides is 2. The number of rotatable bonds is 6. The van der Waals surface area contributed by atoms with Crippen molar-refractivity contribution in [3.8, 4) is 0 Å². The maximum atomic E-state index is 11.6. The zero-order chi connectivity index (χ0) is 14.5. The fourth-order valence-corrected chi connectivity index (χ4v) is 2.69. The van der Waals surface area contributed by atoms with Crippen LogP contribution < -0.4 is 10.6 Å². The number of nitrogens with zero attached hydrogens (tertiary/aromatic N) is 1. The Morgan fingerprint density at radius 1 is 1.55 bits per heavy atom. The number of nitrogens with one attached hydrogen (secondary N) is 2. The molecule has 0 unspecified atom stereocenters. The van der Waals surface area contributed by atoms with Crippen molar-refractivity contribution in [3.05, 3.63) is 16.1 Å². The van der Waals surface area contributed by atoms with Gasteiger partial charge < -0.3 is 20.5 Å². The van der Waals surface area contributed by atoms with Crippen LogP contribution in [0.3, 0.4) is 0 Å². The van der Waals surface area contributed by atoms with E-state index < -0.39 is 5.97 Å². The number of carboxylic acid groups (broad SMARTS) is 1. The zero-order valence-corrected chi connectivity index (χ0v) is 11.9. The van der Waals surface area contributed by atoms with Crippen molar-refractivity contribution >= 4 is 23.3 Å². The molecule has 1 aliphatic carbocycles. The van der Waals surface area contributed by atoms with Gasteiger partial charge in [-0.2, -0.15) is 0 Å². The van der Waals surface area contributed by atoms with Gasteiger partial charge in [-0.3, -0.25) is 0 Å². The van der Waals surface area contributed by atoms with Gasteiger partial charge in [0.25, 0.3) is 0 Å². The van der Waals surface area contributed by atoms with Crippen LogP contribution in [0.25, 0.3) is 0 Å². The quantitative estimate of drug-likeness (QED) is 0.723. The smallest absolute Gasteiger partial charge is 0.355 e. The molecule has 0 spiro atoms. The van der Waals surface area contributed by atoms with Crippen LogP contribution in [0, 0.1) is 0 Å². The van der Waals surface area contributed by atoms with Gasteiger partial charge >= 0.3 is 12.0 Å². The summed E-state index contributed by atoms with van der Waals surface area (Å²) in [5.41, 5.74) is 0.0505. The molecule has 0 aliphatic heterocycles. The van der Waals surface area contributed by atoms with E-state index >= 15 is 0 Å². The molecule has 110 valence electrons. The molecule has 7 nitrogen and oxygen atoms in total. The third-order valence-corrected chi connectivity index (χ3v) is 4.07. The summed E-state index contributed by atoms with van der Waals surface area (Å²) >= 11 is 1.28. The Bertz CT molecular complexity index is 485. The van der Waals surface area contributed by atoms with Crippen LogP contribution in [-0.2, 0) is 11.2 Å². The van der Waals surface area contributed by atoms with Gasteiger partial charge in [0.2, 0.25) is 0 Å². The number of aromatic carboxylic acids is 1. The monoisotopic (exact) mass is 299 g/mol. The maximum absolute atomic E-state index is 11.6. The Morgan fingerprint density at radius 2 is 2.30 bits per heavy atom. The molecule has 0 aromatic carbocycles. The maximum Gasteiger partial charge on any atom is 0.355 e. The molecule has 1 aromatic heterocycles. The Balaban J connectivity index is 1.62. The van der Waals surface area contributed by atoms with Crippen LogP contribution in [0.5, 0.6) is 0 Å². The summed E-state index contributed by atoms with van der Waals surface area (Å²) < 4.78 is 5.13. The fraction of sp³-hybridized carbons (Fsp3) is 0.583. The molecule has 1 aliphatic rings. The minimum Gasteiger partial charge on any atom is -0.476 e. The highest BCUT2D eigenvalue weighted by Crippen LogP contribution is 2.22. The van der Waals surface area contributed by atoms with E-state index in [-0.39, 0.29) is 23.9 Å². The molecule has 0 saturated heterocycles. The Morgan fingerprint density at radius 3 is 2.90 bits per heavy atom. The van der Waals surface area contributed by atoms with Crippen molar-refractivity contribution in [2.45, 2.75) is 31.4 Å². The molecule has 1 saturated carbocycles. The molecule has 1 aromatic rings. The molecule has 0 bridgehead atoms. The molecule has 1 heterocycles. The van der Waals surface area contributed by atoms with Crippen molar-refractivity contribution in [3.63, 3.8) is 0 Å². The standard InChI is InChI=1S/C12H17N3O4S/c1-19-8-4-7(5-8)14-12(18)13-3-2-10-15-9(6-20-10)11(16)17/h6-8H,2-5H2,1H3,(H,16,17)(H2,13,14,18). The van der Waals surface area contributed by atoms with E-state index in [1.54, 1.807) is 7.11 Å². The molecule has 8 heteroatoms. The Hall–Kier alpha value is -1.67. The van der Waals surface area contributed by atoms with Crippen molar-refractivity contribution in [2.24, 2.45) is 0 Å². The van der Waals surface area contributed by atoms with Gasteiger partial charge in [-0.25, -0.2) is 14.6 Å². The zero-order valence-electron chi connectivity index (χ0n) is 11.1. The average Bonchev–Trinajstić information content (AvgIpc) is 2.82. The van der Waals surface area contributed by atoms with Crippen molar-refractivity contribution in [1.29, 1.82) is 0 Å². The normalized spacial score (nSPS) is 21.1. The van der Waals surface area contributed by atoms with E-state index in [9.17, 15) is 9.59 Å². The van der Waals surface area contributed by atoms with Gasteiger partial charge in [0.15, 0.2) is 5.69 Å². The predicted molar refractivity (Wildman–Crippen MR) is 73.1 cm³/mol. The second kappa shape index (κ2) is 6.67. The van der Waals surface area contributed by atoms with E-state index in [0.29, 0.717) is 18.0 Å². The third-order valence-electron chi connectivity index (χ3n) is 3.16. The van der Waals surface area contributed by atoms with E-state index in [1.165, 1.54) is 16.7 Å². The highest BCUT2D eigenvalue weighted by molar-refractivity contribution is 7.09. The van der Waals surface area contributed by atoms with Crippen LogP contribution >= 0.6 is 11.3 Å². The SMILES string of the molecule is COC1CC(NC(=O)NCCc2nc(C(=O)O)cs2)C1. The summed E-state index contributed by atoms with van der Waals surface area (Å²) in [6.45, 7) is 0.429. The lowest BCUT2D eigenvalue weighted by molar-refractivity contribution is 0.0206. The predicted octanol–water partition coefficient (Wildman–Crippen LogP) is 0.860. The number of aromatic nitrogens is 1. The number of urea groups is 1. The summed E-state index contributed by atoms with van der Waals surface area (Å²) in [6, 6.07) is -0.0296. The van der Waals surface area contributed by atoms with Gasteiger partial charge in [-0.15, -0.1) is 11.3 Å². The highest BCUT2D eigenvalue weighted by atomic mass is 32.1. The Labute approximate surface area is 120 Å². The lowest BCUT2D eigenvalue weighted by Gasteiger charge is -2.34. The largest absolute Gasteiger partial charge is 0.476 e. The van der Waals surface area contributed by atoms with Crippen molar-refractivity contribution in [2.75, 3.05) is 13.7 Å². The molecule has 1 fully saturated rings. The molecular weight excluding hydrogens is 282 g/mol. The third kappa shape index (κ3) is 3.91. The Kier molecular flexibility index (Phi) is 4.91. The minimum absolute atomic E-state index is 0.0505. The van der Waals surface area contributed by atoms with Crippen molar-refractivity contribution < 1.29 is 19.4 Å². The summed E-state index contributed by atoms with van der Waals surface area (Å²) in [7, 11) is 1.67. The van der Waals surface area contributed by atoms with Crippen LogP contribution in [0.2, 0.25) is 0 Å². The van der Waals surface area contributed by atoms with E-state index in [1.807, 2.05) is 0 Å². The first-order valence-corrected chi connectivity index (χ1v) is 7.21. The number of hydrogen-bond acceptors (Lipinski definition) is 5. The number of carboxylic acids is 1. The van der Waals surface area contributed by atoms with Crippen LogP contribution in [0.1, 0.15) is 28.3 Å². The van der Waals surface area contributed by atoms with Crippen LogP contribution in [0.15, 0.2) is 5.38 Å². The molecule has 0 radical (unpaired) electrons. The van der Waals surface area contributed by atoms with Gasteiger partial charge in [0.05, 0.1) is 11.1 Å². The topological polar surface area (TPSA) is 101 Å². The fourth-order valence-electron chi connectivity index (χ4n) is 1.92. The molecule has 3 N–H and O–H groups in total. The number of hydrogen-bond donors (Lipinski definition) is 3. The first-order chi connectivity index (χ1) is 9.58. The number of ether oxygens (including phenoxy) is 1. The second-order valence-electron chi connectivity index (χ2n) is 4.61. The summed E-state index contributed by atoms with van der Waals surface area (Å²) in [4.78, 5) is 26.2. The molecular formula is C12H17N3O4S. The van der Waals surface area contributed by atoms with Gasteiger partial charge in [-0.05, 0) is 12.8 Å². The molecule has 20 heavy (non-hydrogen) atoms. The van der Waals surface area contributed by atoms with E-state index in [0.717, 1.165) is 12.8 Å². The number of methoxy groups -OCH3 is 1. The van der Waals surface area contributed by atoms with Crippen LogP contribution in [-0.4, -0.2) is 47.9 Å². The average molecular weight is 299 g/mol. The first-order valence-electron chi connectivity index (χ1n) is 6.33.